The molecule has 0 radical (unpaired) electrons. The fraction of sp³-hybridized carbons (Fsp3) is 0.455. The molecular weight excluding hydrogens is 194 g/mol. The van der Waals surface area contributed by atoms with Gasteiger partial charge in [-0.3, -0.25) is 9.59 Å². The molecule has 0 N–H and O–H groups in total. The zero-order chi connectivity index (χ0) is 11.4. The van der Waals surface area contributed by atoms with Crippen molar-refractivity contribution >= 4 is 5.97 Å². The van der Waals surface area contributed by atoms with Crippen LogP contribution < -0.4 is 5.56 Å². The van der Waals surface area contributed by atoms with Gasteiger partial charge in [0.05, 0.1) is 6.61 Å². The van der Waals surface area contributed by atoms with Crippen molar-refractivity contribution in [3.8, 4) is 0 Å². The number of aromatic nitrogens is 1. The summed E-state index contributed by atoms with van der Waals surface area (Å²) in [6.45, 7) is 5.67. The summed E-state index contributed by atoms with van der Waals surface area (Å²) in [6, 6.07) is 1.80. The summed E-state index contributed by atoms with van der Waals surface area (Å²) in [6.07, 6.45) is 1.66. The molecular formula is C11H15NO3. The Bertz CT molecular complexity index is 420. The quantitative estimate of drug-likeness (QED) is 0.698. The summed E-state index contributed by atoms with van der Waals surface area (Å²) in [5.74, 6) is -0.385. The van der Waals surface area contributed by atoms with E-state index >= 15 is 0 Å². The molecule has 0 fully saturated rings. The first kappa shape index (κ1) is 11.5. The lowest BCUT2D eigenvalue weighted by Gasteiger charge is -2.07. The lowest BCUT2D eigenvalue weighted by molar-refractivity contribution is -0.143. The van der Waals surface area contributed by atoms with E-state index in [1.54, 1.807) is 26.1 Å². The van der Waals surface area contributed by atoms with Crippen LogP contribution in [0.4, 0.5) is 0 Å². The van der Waals surface area contributed by atoms with Crippen molar-refractivity contribution in [2.75, 3.05) is 6.61 Å². The smallest absolute Gasteiger partial charge is 0.326 e. The van der Waals surface area contributed by atoms with Crippen LogP contribution >= 0.6 is 0 Å². The van der Waals surface area contributed by atoms with Crippen LogP contribution in [-0.4, -0.2) is 17.1 Å². The van der Waals surface area contributed by atoms with E-state index in [-0.39, 0.29) is 18.1 Å². The van der Waals surface area contributed by atoms with Gasteiger partial charge < -0.3 is 9.30 Å². The summed E-state index contributed by atoms with van der Waals surface area (Å²) in [5.41, 5.74) is 1.45. The zero-order valence-corrected chi connectivity index (χ0v) is 9.24. The molecule has 1 aromatic rings. The van der Waals surface area contributed by atoms with Crippen LogP contribution in [0.15, 0.2) is 17.1 Å². The molecule has 0 aromatic carbocycles. The van der Waals surface area contributed by atoms with Gasteiger partial charge in [0.2, 0.25) is 0 Å². The van der Waals surface area contributed by atoms with Crippen LogP contribution in [0.1, 0.15) is 18.1 Å². The van der Waals surface area contributed by atoms with Gasteiger partial charge in [-0.2, -0.15) is 0 Å². The number of carbonyl (C=O) groups excluding carboxylic acids is 1. The van der Waals surface area contributed by atoms with E-state index in [9.17, 15) is 9.59 Å². The normalized spacial score (nSPS) is 10.1. The SMILES string of the molecule is CCOC(=O)Cn1cc(C)cc(C)c1=O. The minimum absolute atomic E-state index is 0.0187. The molecule has 0 spiro atoms. The van der Waals surface area contributed by atoms with Gasteiger partial charge >= 0.3 is 5.97 Å². The van der Waals surface area contributed by atoms with E-state index in [0.717, 1.165) is 5.56 Å². The van der Waals surface area contributed by atoms with Crippen LogP contribution in [-0.2, 0) is 16.1 Å². The van der Waals surface area contributed by atoms with Crippen molar-refractivity contribution in [1.29, 1.82) is 0 Å². The Morgan fingerprint density at radius 1 is 1.47 bits per heavy atom. The number of aryl methyl sites for hydroxylation is 2. The molecule has 0 atom stereocenters. The van der Waals surface area contributed by atoms with Crippen LogP contribution in [0, 0.1) is 13.8 Å². The third kappa shape index (κ3) is 2.94. The monoisotopic (exact) mass is 209 g/mol. The summed E-state index contributed by atoms with van der Waals surface area (Å²) >= 11 is 0. The summed E-state index contributed by atoms with van der Waals surface area (Å²) < 4.78 is 6.16. The molecule has 1 aromatic heterocycles. The van der Waals surface area contributed by atoms with Crippen molar-refractivity contribution in [2.45, 2.75) is 27.3 Å². The van der Waals surface area contributed by atoms with Gasteiger partial charge in [-0.05, 0) is 32.4 Å². The van der Waals surface area contributed by atoms with E-state index in [1.165, 1.54) is 4.57 Å². The zero-order valence-electron chi connectivity index (χ0n) is 9.24. The van der Waals surface area contributed by atoms with Gasteiger partial charge in [0.25, 0.3) is 5.56 Å². The number of nitrogens with zero attached hydrogens (tertiary/aromatic N) is 1. The highest BCUT2D eigenvalue weighted by Crippen LogP contribution is 1.97. The maximum atomic E-state index is 11.6. The summed E-state index contributed by atoms with van der Waals surface area (Å²) in [7, 11) is 0. The average Bonchev–Trinajstić information content (AvgIpc) is 2.13. The summed E-state index contributed by atoms with van der Waals surface area (Å²) in [4.78, 5) is 22.8. The highest BCUT2D eigenvalue weighted by Gasteiger charge is 2.06. The molecule has 0 aliphatic heterocycles. The van der Waals surface area contributed by atoms with Crippen LogP contribution in [0.2, 0.25) is 0 Å². The summed E-state index contributed by atoms with van der Waals surface area (Å²) in [5, 5.41) is 0. The Balaban J connectivity index is 2.95. The molecule has 4 nitrogen and oxygen atoms in total. The second-order valence-electron chi connectivity index (χ2n) is 3.44. The Morgan fingerprint density at radius 3 is 2.73 bits per heavy atom. The molecule has 1 rings (SSSR count). The minimum atomic E-state index is -0.385. The number of pyridine rings is 1. The Hall–Kier alpha value is -1.58. The topological polar surface area (TPSA) is 48.3 Å². The molecule has 0 bridgehead atoms. The number of hydrogen-bond acceptors (Lipinski definition) is 3. The van der Waals surface area contributed by atoms with E-state index in [0.29, 0.717) is 12.2 Å². The van der Waals surface area contributed by atoms with Crippen molar-refractivity contribution in [3.63, 3.8) is 0 Å². The van der Waals surface area contributed by atoms with Gasteiger partial charge in [-0.15, -0.1) is 0 Å². The molecule has 0 aliphatic carbocycles. The van der Waals surface area contributed by atoms with E-state index in [2.05, 4.69) is 0 Å². The van der Waals surface area contributed by atoms with Crippen LogP contribution in [0.25, 0.3) is 0 Å². The minimum Gasteiger partial charge on any atom is -0.465 e. The second kappa shape index (κ2) is 4.77. The molecule has 1 heterocycles. The molecule has 0 saturated carbocycles. The number of carbonyl (C=O) groups is 1. The van der Waals surface area contributed by atoms with Gasteiger partial charge in [0, 0.05) is 11.8 Å². The van der Waals surface area contributed by atoms with Crippen LogP contribution in [0.5, 0.6) is 0 Å². The van der Waals surface area contributed by atoms with Crippen LogP contribution in [0.3, 0.4) is 0 Å². The van der Waals surface area contributed by atoms with Crippen molar-refractivity contribution in [1.82, 2.24) is 4.57 Å². The number of ether oxygens (including phenoxy) is 1. The van der Waals surface area contributed by atoms with Gasteiger partial charge in [0.1, 0.15) is 6.54 Å². The number of rotatable bonds is 3. The van der Waals surface area contributed by atoms with Crippen molar-refractivity contribution in [2.24, 2.45) is 0 Å². The first-order chi connectivity index (χ1) is 7.04. The third-order valence-electron chi connectivity index (χ3n) is 2.01. The lowest BCUT2D eigenvalue weighted by Crippen LogP contribution is -2.26. The number of hydrogen-bond donors (Lipinski definition) is 0. The fourth-order valence-electron chi connectivity index (χ4n) is 1.43. The first-order valence-electron chi connectivity index (χ1n) is 4.88. The molecule has 82 valence electrons. The van der Waals surface area contributed by atoms with Gasteiger partial charge in [-0.25, -0.2) is 0 Å². The fourth-order valence-corrected chi connectivity index (χ4v) is 1.43. The maximum absolute atomic E-state index is 11.6. The number of esters is 1. The highest BCUT2D eigenvalue weighted by atomic mass is 16.5. The Morgan fingerprint density at radius 2 is 2.13 bits per heavy atom. The molecule has 0 amide bonds. The molecule has 0 aliphatic rings. The highest BCUT2D eigenvalue weighted by molar-refractivity contribution is 5.69. The molecule has 4 heteroatoms. The predicted molar refractivity (Wildman–Crippen MR) is 56.8 cm³/mol. The molecule has 0 saturated heterocycles. The van der Waals surface area contributed by atoms with Crippen molar-refractivity contribution < 1.29 is 9.53 Å². The maximum Gasteiger partial charge on any atom is 0.326 e. The second-order valence-corrected chi connectivity index (χ2v) is 3.44. The van der Waals surface area contributed by atoms with Crippen molar-refractivity contribution in [3.05, 3.63) is 33.7 Å². The van der Waals surface area contributed by atoms with E-state index in [4.69, 9.17) is 4.74 Å². The van der Waals surface area contributed by atoms with E-state index in [1.807, 2.05) is 6.92 Å². The Kier molecular flexibility index (Phi) is 3.66. The average molecular weight is 209 g/mol. The predicted octanol–water partition coefficient (Wildman–Crippen LogP) is 1.03. The third-order valence-corrected chi connectivity index (χ3v) is 2.01. The first-order valence-corrected chi connectivity index (χ1v) is 4.88. The van der Waals surface area contributed by atoms with Gasteiger partial charge in [-0.1, -0.05) is 0 Å². The van der Waals surface area contributed by atoms with E-state index < -0.39 is 0 Å². The lowest BCUT2D eigenvalue weighted by atomic mass is 10.2. The standard InChI is InChI=1S/C11H15NO3/c1-4-15-10(13)7-12-6-8(2)5-9(3)11(12)14/h5-6H,4,7H2,1-3H3. The largest absolute Gasteiger partial charge is 0.465 e. The molecule has 0 unspecified atom stereocenters. The Labute approximate surface area is 88.5 Å². The van der Waals surface area contributed by atoms with Gasteiger partial charge in [0.15, 0.2) is 0 Å². The molecule has 15 heavy (non-hydrogen) atoms.